The van der Waals surface area contributed by atoms with Crippen molar-refractivity contribution in [1.82, 2.24) is 0 Å². The molecule has 2 atom stereocenters. The zero-order valence-electron chi connectivity index (χ0n) is 9.29. The number of hydrogen-bond donors (Lipinski definition) is 0. The first-order valence-corrected chi connectivity index (χ1v) is 5.83. The fourth-order valence-electron chi connectivity index (χ4n) is 2.76. The summed E-state index contributed by atoms with van der Waals surface area (Å²) in [5.74, 6) is 1.76. The highest BCUT2D eigenvalue weighted by molar-refractivity contribution is 5.29. The van der Waals surface area contributed by atoms with Gasteiger partial charge in [-0.15, -0.1) is 0 Å². The number of aryl methyl sites for hydroxylation is 1. The molecule has 1 aromatic rings. The second-order valence-electron chi connectivity index (χ2n) is 4.83. The lowest BCUT2D eigenvalue weighted by molar-refractivity contribution is 0.343. The molecular weight excluding hydrogens is 168 g/mol. The average molecular weight is 188 g/mol. The summed E-state index contributed by atoms with van der Waals surface area (Å²) >= 11 is 0. The molecule has 1 aromatic carbocycles. The van der Waals surface area contributed by atoms with Crippen molar-refractivity contribution in [3.8, 4) is 0 Å². The van der Waals surface area contributed by atoms with Gasteiger partial charge in [0.25, 0.3) is 0 Å². The minimum absolute atomic E-state index is 0.833. The van der Waals surface area contributed by atoms with Gasteiger partial charge in [-0.05, 0) is 42.7 Å². The van der Waals surface area contributed by atoms with Gasteiger partial charge in [-0.2, -0.15) is 0 Å². The molecular formula is C14H20. The molecule has 0 aromatic heterocycles. The lowest BCUT2D eigenvalue weighted by Gasteiger charge is -2.28. The Labute approximate surface area is 87.3 Å². The van der Waals surface area contributed by atoms with E-state index in [1.54, 1.807) is 5.56 Å². The third-order valence-corrected chi connectivity index (χ3v) is 3.56. The molecule has 0 heteroatoms. The minimum Gasteiger partial charge on any atom is -0.0625 e. The van der Waals surface area contributed by atoms with Gasteiger partial charge >= 0.3 is 0 Å². The van der Waals surface area contributed by atoms with Crippen molar-refractivity contribution in [1.29, 1.82) is 0 Å². The fraction of sp³-hybridized carbons (Fsp3) is 0.571. The van der Waals surface area contributed by atoms with Crippen LogP contribution in [-0.4, -0.2) is 0 Å². The molecule has 0 N–H and O–H groups in total. The zero-order chi connectivity index (χ0) is 9.97. The van der Waals surface area contributed by atoms with Crippen molar-refractivity contribution in [3.05, 3.63) is 35.4 Å². The van der Waals surface area contributed by atoms with E-state index in [0.717, 1.165) is 11.8 Å². The Morgan fingerprint density at radius 1 is 1.14 bits per heavy atom. The van der Waals surface area contributed by atoms with Crippen LogP contribution in [0.4, 0.5) is 0 Å². The van der Waals surface area contributed by atoms with Crippen LogP contribution in [0.3, 0.4) is 0 Å². The van der Waals surface area contributed by atoms with Gasteiger partial charge in [0.15, 0.2) is 0 Å². The predicted octanol–water partition coefficient (Wildman–Crippen LogP) is 4.29. The summed E-state index contributed by atoms with van der Waals surface area (Å²) in [6, 6.07) is 8.89. The molecule has 0 spiro atoms. The van der Waals surface area contributed by atoms with E-state index < -0.39 is 0 Å². The Morgan fingerprint density at radius 3 is 2.64 bits per heavy atom. The third kappa shape index (κ3) is 2.00. The summed E-state index contributed by atoms with van der Waals surface area (Å²) in [6.45, 7) is 4.64. The molecule has 1 aliphatic carbocycles. The van der Waals surface area contributed by atoms with E-state index in [0.29, 0.717) is 0 Å². The average Bonchev–Trinajstić information content (AvgIpc) is 2.18. The third-order valence-electron chi connectivity index (χ3n) is 3.56. The largest absolute Gasteiger partial charge is 0.0625 e. The lowest BCUT2D eigenvalue weighted by atomic mass is 9.78. The van der Waals surface area contributed by atoms with E-state index in [2.05, 4.69) is 38.1 Å². The Hall–Kier alpha value is -0.780. The molecule has 0 amide bonds. The molecule has 14 heavy (non-hydrogen) atoms. The van der Waals surface area contributed by atoms with Crippen LogP contribution in [0.25, 0.3) is 0 Å². The SMILES string of the molecule is Cc1ccccc1C1CCC[C@H](C)C1. The topological polar surface area (TPSA) is 0 Å². The highest BCUT2D eigenvalue weighted by Gasteiger charge is 2.20. The summed E-state index contributed by atoms with van der Waals surface area (Å²) < 4.78 is 0. The van der Waals surface area contributed by atoms with E-state index in [1.807, 2.05) is 0 Å². The molecule has 0 heterocycles. The Balaban J connectivity index is 2.18. The smallest absolute Gasteiger partial charge is 0.0157 e. The molecule has 0 nitrogen and oxygen atoms in total. The predicted molar refractivity (Wildman–Crippen MR) is 61.6 cm³/mol. The number of benzene rings is 1. The van der Waals surface area contributed by atoms with Gasteiger partial charge in [0.05, 0.1) is 0 Å². The molecule has 76 valence electrons. The number of rotatable bonds is 1. The summed E-state index contributed by atoms with van der Waals surface area (Å²) in [4.78, 5) is 0. The van der Waals surface area contributed by atoms with Crippen LogP contribution in [0.1, 0.15) is 49.7 Å². The van der Waals surface area contributed by atoms with Crippen LogP contribution in [0, 0.1) is 12.8 Å². The van der Waals surface area contributed by atoms with Gasteiger partial charge in [-0.3, -0.25) is 0 Å². The van der Waals surface area contributed by atoms with Gasteiger partial charge in [0.2, 0.25) is 0 Å². The summed E-state index contributed by atoms with van der Waals surface area (Å²) in [5, 5.41) is 0. The molecule has 2 rings (SSSR count). The van der Waals surface area contributed by atoms with Gasteiger partial charge in [0.1, 0.15) is 0 Å². The Bertz CT molecular complexity index is 301. The molecule has 0 radical (unpaired) electrons. The standard InChI is InChI=1S/C14H20/c1-11-6-5-8-13(10-11)14-9-4-3-7-12(14)2/h3-4,7,9,11,13H,5-6,8,10H2,1-2H3/t11-,13?/m0/s1. The van der Waals surface area contributed by atoms with Gasteiger partial charge in [-0.25, -0.2) is 0 Å². The first-order valence-electron chi connectivity index (χ1n) is 5.83. The lowest BCUT2D eigenvalue weighted by Crippen LogP contribution is -2.12. The second-order valence-corrected chi connectivity index (χ2v) is 4.83. The first kappa shape index (κ1) is 9.76. The molecule has 0 saturated heterocycles. The van der Waals surface area contributed by atoms with Crippen LogP contribution in [0.2, 0.25) is 0 Å². The van der Waals surface area contributed by atoms with Crippen molar-refractivity contribution in [2.24, 2.45) is 5.92 Å². The van der Waals surface area contributed by atoms with Crippen LogP contribution in [0.5, 0.6) is 0 Å². The van der Waals surface area contributed by atoms with Crippen molar-refractivity contribution in [2.45, 2.75) is 45.4 Å². The zero-order valence-corrected chi connectivity index (χ0v) is 9.29. The Morgan fingerprint density at radius 2 is 1.93 bits per heavy atom. The van der Waals surface area contributed by atoms with Crippen LogP contribution >= 0.6 is 0 Å². The summed E-state index contributed by atoms with van der Waals surface area (Å²) in [5.41, 5.74) is 3.07. The quantitative estimate of drug-likeness (QED) is 0.616. The highest BCUT2D eigenvalue weighted by Crippen LogP contribution is 2.36. The van der Waals surface area contributed by atoms with Gasteiger partial charge < -0.3 is 0 Å². The maximum Gasteiger partial charge on any atom is -0.0157 e. The molecule has 0 bridgehead atoms. The molecule has 0 aliphatic heterocycles. The van der Waals surface area contributed by atoms with E-state index in [-0.39, 0.29) is 0 Å². The normalized spacial score (nSPS) is 27.6. The van der Waals surface area contributed by atoms with Crippen LogP contribution in [-0.2, 0) is 0 Å². The Kier molecular flexibility index (Phi) is 2.90. The summed E-state index contributed by atoms with van der Waals surface area (Å²) in [7, 11) is 0. The molecule has 1 unspecified atom stereocenters. The monoisotopic (exact) mass is 188 g/mol. The summed E-state index contributed by atoms with van der Waals surface area (Å²) in [6.07, 6.45) is 5.64. The van der Waals surface area contributed by atoms with Crippen LogP contribution < -0.4 is 0 Å². The minimum atomic E-state index is 0.833. The number of hydrogen-bond acceptors (Lipinski definition) is 0. The maximum atomic E-state index is 2.39. The van der Waals surface area contributed by atoms with E-state index in [9.17, 15) is 0 Å². The van der Waals surface area contributed by atoms with Crippen molar-refractivity contribution >= 4 is 0 Å². The maximum absolute atomic E-state index is 2.39. The highest BCUT2D eigenvalue weighted by atomic mass is 14.3. The van der Waals surface area contributed by atoms with Crippen molar-refractivity contribution < 1.29 is 0 Å². The van der Waals surface area contributed by atoms with Crippen molar-refractivity contribution in [3.63, 3.8) is 0 Å². The molecule has 1 fully saturated rings. The van der Waals surface area contributed by atoms with Gasteiger partial charge in [-0.1, -0.05) is 44.0 Å². The van der Waals surface area contributed by atoms with E-state index in [1.165, 1.54) is 31.2 Å². The molecule has 1 aliphatic rings. The van der Waals surface area contributed by atoms with E-state index >= 15 is 0 Å². The van der Waals surface area contributed by atoms with Crippen molar-refractivity contribution in [2.75, 3.05) is 0 Å². The fourth-order valence-corrected chi connectivity index (χ4v) is 2.76. The second kappa shape index (κ2) is 4.16. The van der Waals surface area contributed by atoms with E-state index in [4.69, 9.17) is 0 Å². The molecule has 1 saturated carbocycles. The van der Waals surface area contributed by atoms with Crippen LogP contribution in [0.15, 0.2) is 24.3 Å². The van der Waals surface area contributed by atoms with Gasteiger partial charge in [0, 0.05) is 0 Å². The first-order chi connectivity index (χ1) is 6.77.